The second-order valence-corrected chi connectivity index (χ2v) is 7.90. The van der Waals surface area contributed by atoms with Gasteiger partial charge in [0.15, 0.2) is 0 Å². The van der Waals surface area contributed by atoms with Crippen molar-refractivity contribution in [1.82, 2.24) is 10.2 Å². The number of ether oxygens (including phenoxy) is 1. The van der Waals surface area contributed by atoms with E-state index in [-0.39, 0.29) is 11.9 Å². The smallest absolute Gasteiger partial charge is 0.412 e. The number of hydrogen-bond donors (Lipinski definition) is 2. The Kier molecular flexibility index (Phi) is 7.18. The molecule has 2 amide bonds. The number of carbonyl (C=O) groups is 2. The maximum atomic E-state index is 12.7. The molecule has 2 rings (SSSR count). The summed E-state index contributed by atoms with van der Waals surface area (Å²) < 4.78 is 5.22. The lowest BCUT2D eigenvalue weighted by Gasteiger charge is -2.23. The predicted molar refractivity (Wildman–Crippen MR) is 112 cm³/mol. The molecule has 0 unspecified atom stereocenters. The molecule has 0 aliphatic carbocycles. The van der Waals surface area contributed by atoms with Gasteiger partial charge in [-0.15, -0.1) is 0 Å². The van der Waals surface area contributed by atoms with Crippen LogP contribution in [0.2, 0.25) is 0 Å². The third kappa shape index (κ3) is 7.04. The van der Waals surface area contributed by atoms with Gasteiger partial charge in [0.1, 0.15) is 5.60 Å². The van der Waals surface area contributed by atoms with E-state index in [0.717, 1.165) is 5.56 Å². The summed E-state index contributed by atoms with van der Waals surface area (Å²) in [5.41, 5.74) is 1.57. The molecule has 0 aliphatic heterocycles. The summed E-state index contributed by atoms with van der Waals surface area (Å²) >= 11 is 0. The van der Waals surface area contributed by atoms with Gasteiger partial charge in [0.2, 0.25) is 0 Å². The predicted octanol–water partition coefficient (Wildman–Crippen LogP) is 4.07. The van der Waals surface area contributed by atoms with E-state index in [9.17, 15) is 9.59 Å². The minimum Gasteiger partial charge on any atom is -0.444 e. The van der Waals surface area contributed by atoms with E-state index in [1.807, 2.05) is 49.3 Å². The fourth-order valence-corrected chi connectivity index (χ4v) is 2.65. The van der Waals surface area contributed by atoms with Crippen LogP contribution in [-0.2, 0) is 4.74 Å². The molecule has 0 aliphatic rings. The Labute approximate surface area is 166 Å². The molecular weight excluding hydrogens is 354 g/mol. The van der Waals surface area contributed by atoms with Crippen LogP contribution in [-0.4, -0.2) is 43.1 Å². The maximum Gasteiger partial charge on any atom is 0.412 e. The summed E-state index contributed by atoms with van der Waals surface area (Å²) in [6.07, 6.45) is -0.528. The Morgan fingerprint density at radius 3 is 2.14 bits per heavy atom. The normalized spacial score (nSPS) is 12.4. The first kappa shape index (κ1) is 21.4. The lowest BCUT2D eigenvalue weighted by molar-refractivity contribution is 0.0635. The lowest BCUT2D eigenvalue weighted by atomic mass is 10.1. The number of hydrogen-bond acceptors (Lipinski definition) is 4. The fraction of sp³-hybridized carbons (Fsp3) is 0.364. The molecule has 1 atom stereocenters. The first-order valence-corrected chi connectivity index (χ1v) is 9.24. The zero-order valence-corrected chi connectivity index (χ0v) is 17.2. The van der Waals surface area contributed by atoms with Crippen LogP contribution in [0, 0.1) is 0 Å². The molecule has 6 nitrogen and oxygen atoms in total. The van der Waals surface area contributed by atoms with Gasteiger partial charge in [0.25, 0.3) is 5.91 Å². The van der Waals surface area contributed by atoms with Crippen molar-refractivity contribution in [3.63, 3.8) is 0 Å². The molecular formula is C22H29N3O3. The van der Waals surface area contributed by atoms with Crippen LogP contribution in [0.3, 0.4) is 0 Å². The number of anilines is 1. The lowest BCUT2D eigenvalue weighted by Crippen LogP contribution is -2.35. The van der Waals surface area contributed by atoms with Gasteiger partial charge < -0.3 is 15.0 Å². The van der Waals surface area contributed by atoms with Gasteiger partial charge in [0, 0.05) is 17.8 Å². The topological polar surface area (TPSA) is 70.7 Å². The Bertz CT molecular complexity index is 781. The van der Waals surface area contributed by atoms with Crippen LogP contribution >= 0.6 is 0 Å². The van der Waals surface area contributed by atoms with Crippen molar-refractivity contribution < 1.29 is 14.3 Å². The minimum absolute atomic E-state index is 0.122. The van der Waals surface area contributed by atoms with E-state index in [2.05, 4.69) is 10.6 Å². The number of nitrogens with one attached hydrogen (secondary N) is 2. The van der Waals surface area contributed by atoms with Crippen molar-refractivity contribution in [3.05, 3.63) is 65.7 Å². The number of nitrogens with zero attached hydrogens (tertiary/aromatic N) is 1. The molecule has 2 aromatic rings. The molecule has 0 bridgehead atoms. The number of rotatable bonds is 6. The Morgan fingerprint density at radius 1 is 1.00 bits per heavy atom. The van der Waals surface area contributed by atoms with Gasteiger partial charge in [-0.2, -0.15) is 0 Å². The monoisotopic (exact) mass is 383 g/mol. The van der Waals surface area contributed by atoms with Crippen LogP contribution in [0.1, 0.15) is 42.7 Å². The zero-order chi connectivity index (χ0) is 20.7. The zero-order valence-electron chi connectivity index (χ0n) is 17.2. The van der Waals surface area contributed by atoms with Crippen LogP contribution < -0.4 is 10.6 Å². The van der Waals surface area contributed by atoms with E-state index in [1.54, 1.807) is 45.0 Å². The molecule has 6 heteroatoms. The first-order valence-electron chi connectivity index (χ1n) is 9.24. The highest BCUT2D eigenvalue weighted by Crippen LogP contribution is 2.16. The van der Waals surface area contributed by atoms with Crippen molar-refractivity contribution in [2.75, 3.05) is 26.0 Å². The summed E-state index contributed by atoms with van der Waals surface area (Å²) in [6, 6.07) is 16.5. The van der Waals surface area contributed by atoms with E-state index in [4.69, 9.17) is 4.74 Å². The van der Waals surface area contributed by atoms with Crippen molar-refractivity contribution in [3.8, 4) is 0 Å². The van der Waals surface area contributed by atoms with Gasteiger partial charge in [0.05, 0.1) is 6.04 Å². The number of carbonyl (C=O) groups excluding carboxylic acids is 2. The summed E-state index contributed by atoms with van der Waals surface area (Å²) in [4.78, 5) is 26.6. The molecule has 0 radical (unpaired) electrons. The van der Waals surface area contributed by atoms with E-state index >= 15 is 0 Å². The summed E-state index contributed by atoms with van der Waals surface area (Å²) in [7, 11) is 3.94. The molecule has 0 fully saturated rings. The fourth-order valence-electron chi connectivity index (χ4n) is 2.65. The largest absolute Gasteiger partial charge is 0.444 e. The van der Waals surface area contributed by atoms with Gasteiger partial charge in [-0.05, 0) is 64.7 Å². The second-order valence-electron chi connectivity index (χ2n) is 7.90. The number of amides is 2. The van der Waals surface area contributed by atoms with E-state index < -0.39 is 11.7 Å². The molecule has 0 saturated carbocycles. The second kappa shape index (κ2) is 9.37. The van der Waals surface area contributed by atoms with E-state index in [0.29, 0.717) is 17.8 Å². The molecule has 0 aromatic heterocycles. The maximum absolute atomic E-state index is 12.7. The SMILES string of the molecule is CN(C)C[C@H](NC(=O)c1ccc(NC(=O)OC(C)(C)C)cc1)c1ccccc1. The van der Waals surface area contributed by atoms with Crippen molar-refractivity contribution >= 4 is 17.7 Å². The number of likely N-dealkylation sites (N-methyl/N-ethyl adjacent to an activating group) is 1. The Balaban J connectivity index is 2.04. The molecule has 2 N–H and O–H groups in total. The Morgan fingerprint density at radius 2 is 1.61 bits per heavy atom. The average molecular weight is 383 g/mol. The molecule has 150 valence electrons. The average Bonchev–Trinajstić information content (AvgIpc) is 2.60. The van der Waals surface area contributed by atoms with Gasteiger partial charge >= 0.3 is 6.09 Å². The molecule has 28 heavy (non-hydrogen) atoms. The van der Waals surface area contributed by atoms with E-state index in [1.165, 1.54) is 0 Å². The Hall–Kier alpha value is -2.86. The van der Waals surface area contributed by atoms with Crippen LogP contribution in [0.5, 0.6) is 0 Å². The molecule has 0 heterocycles. The number of benzene rings is 2. The molecule has 0 saturated heterocycles. The van der Waals surface area contributed by atoms with Crippen molar-refractivity contribution in [2.45, 2.75) is 32.4 Å². The van der Waals surface area contributed by atoms with Gasteiger partial charge in [-0.3, -0.25) is 10.1 Å². The highest BCUT2D eigenvalue weighted by Gasteiger charge is 2.18. The third-order valence-electron chi connectivity index (χ3n) is 3.85. The highest BCUT2D eigenvalue weighted by molar-refractivity contribution is 5.95. The summed E-state index contributed by atoms with van der Waals surface area (Å²) in [5, 5.41) is 5.74. The van der Waals surface area contributed by atoms with Crippen LogP contribution in [0.25, 0.3) is 0 Å². The quantitative estimate of drug-likeness (QED) is 0.789. The third-order valence-corrected chi connectivity index (χ3v) is 3.85. The van der Waals surface area contributed by atoms with Crippen LogP contribution in [0.4, 0.5) is 10.5 Å². The van der Waals surface area contributed by atoms with Gasteiger partial charge in [-0.25, -0.2) is 4.79 Å². The van der Waals surface area contributed by atoms with Crippen molar-refractivity contribution in [2.24, 2.45) is 0 Å². The summed E-state index contributed by atoms with van der Waals surface area (Å²) in [6.45, 7) is 6.10. The summed E-state index contributed by atoms with van der Waals surface area (Å²) in [5.74, 6) is -0.167. The minimum atomic E-state index is -0.567. The molecule has 0 spiro atoms. The highest BCUT2D eigenvalue weighted by atomic mass is 16.6. The van der Waals surface area contributed by atoms with Crippen LogP contribution in [0.15, 0.2) is 54.6 Å². The molecule has 2 aromatic carbocycles. The van der Waals surface area contributed by atoms with Gasteiger partial charge in [-0.1, -0.05) is 30.3 Å². The van der Waals surface area contributed by atoms with Crippen molar-refractivity contribution in [1.29, 1.82) is 0 Å². The standard InChI is InChI=1S/C22H29N3O3/c1-22(2,3)28-21(27)23-18-13-11-17(12-14-18)20(26)24-19(15-25(4)5)16-9-7-6-8-10-16/h6-14,19H,15H2,1-5H3,(H,23,27)(H,24,26)/t19-/m0/s1. The first-order chi connectivity index (χ1) is 13.1.